The molecule has 12 heavy (non-hydrogen) atoms. The van der Waals surface area contributed by atoms with Crippen molar-refractivity contribution < 1.29 is 56.1 Å². The third-order valence-electron chi connectivity index (χ3n) is 0. The second-order valence-corrected chi connectivity index (χ2v) is 24.0. The average molecular weight is 407 g/mol. The van der Waals surface area contributed by atoms with Gasteiger partial charge in [0.1, 0.15) is 0 Å². The van der Waals surface area contributed by atoms with Crippen LogP contribution in [-0.2, 0) is 18.4 Å². The fraction of sp³-hybridized carbons (Fsp3) is 0. The summed E-state index contributed by atoms with van der Waals surface area (Å²) in [4.78, 5) is 0. The summed E-state index contributed by atoms with van der Waals surface area (Å²) in [5.74, 6) is 0. The Hall–Kier alpha value is 4.55. The van der Waals surface area contributed by atoms with E-state index in [1.807, 2.05) is 0 Å². The number of hydrogen-bond acceptors (Lipinski definition) is 0. The predicted octanol–water partition coefficient (Wildman–Crippen LogP) is -0.481. The van der Waals surface area contributed by atoms with Crippen molar-refractivity contribution in [2.45, 2.75) is 0 Å². The van der Waals surface area contributed by atoms with Gasteiger partial charge in [-0.3, -0.25) is 0 Å². The summed E-state index contributed by atoms with van der Waals surface area (Å²) in [7, 11) is 34.3. The minimum atomic E-state index is -2.74. The third-order valence-corrected chi connectivity index (χ3v) is 0. The van der Waals surface area contributed by atoms with E-state index in [1.165, 1.54) is 0 Å². The van der Waals surface area contributed by atoms with E-state index >= 15 is 0 Å². The van der Waals surface area contributed by atoms with Crippen molar-refractivity contribution in [2.75, 3.05) is 0 Å². The monoisotopic (exact) mass is 404 g/mol. The SMILES string of the molecule is [Cl][Mn-]([Cl])([Cl])[Cl].[Cl][Mn-]([Cl])([Cl])[Cl].[Li+].[Li+]. The number of halogens is 8. The molecule has 0 aliphatic heterocycles. The largest absolute Gasteiger partial charge is 1.00 e. The standard InChI is InChI=1S/8ClH.2Li.2Mn/h8*1H;;;;/q;;;;;;;;2*+1;2*+3/p-8. The van der Waals surface area contributed by atoms with Crippen LogP contribution >= 0.6 is 80.8 Å². The van der Waals surface area contributed by atoms with Crippen LogP contribution in [0.25, 0.3) is 0 Å². The molecule has 12 heteroatoms. The Morgan fingerprint density at radius 1 is 0.417 bits per heavy atom. The van der Waals surface area contributed by atoms with Gasteiger partial charge in [0.05, 0.1) is 0 Å². The van der Waals surface area contributed by atoms with Crippen LogP contribution in [0.2, 0.25) is 0 Å². The van der Waals surface area contributed by atoms with E-state index in [9.17, 15) is 0 Å². The Morgan fingerprint density at radius 3 is 0.417 bits per heavy atom. The molecule has 0 aliphatic carbocycles. The molecule has 0 spiro atoms. The molecular weight excluding hydrogens is 407 g/mol. The topological polar surface area (TPSA) is 0 Å². The molecule has 0 aromatic rings. The first-order valence-corrected chi connectivity index (χ1v) is 14.1. The summed E-state index contributed by atoms with van der Waals surface area (Å²) in [6, 6.07) is 0. The van der Waals surface area contributed by atoms with E-state index in [0.29, 0.717) is 0 Å². The molecule has 0 aromatic heterocycles. The molecule has 0 nitrogen and oxygen atoms in total. The van der Waals surface area contributed by atoms with Crippen LogP contribution in [-0.4, -0.2) is 0 Å². The first kappa shape index (κ1) is 25.4. The zero-order chi connectivity index (χ0) is 9.00. The quantitative estimate of drug-likeness (QED) is 0.476. The molecule has 0 aromatic carbocycles. The van der Waals surface area contributed by atoms with E-state index in [0.717, 1.165) is 0 Å². The zero-order valence-corrected chi connectivity index (χ0v) is 14.2. The minimum Gasteiger partial charge on any atom is 1.00 e. The second kappa shape index (κ2) is 12.0. The average Bonchev–Trinajstić information content (AvgIpc) is 1.12. The summed E-state index contributed by atoms with van der Waals surface area (Å²) in [5.41, 5.74) is 0. The summed E-state index contributed by atoms with van der Waals surface area (Å²) >= 11 is 0. The fourth-order valence-corrected chi connectivity index (χ4v) is 0. The molecule has 0 radical (unpaired) electrons. The fourth-order valence-electron chi connectivity index (χ4n) is 0. The van der Waals surface area contributed by atoms with Gasteiger partial charge in [0.15, 0.2) is 0 Å². The van der Waals surface area contributed by atoms with Crippen LogP contribution in [0, 0.1) is 0 Å². The maximum atomic E-state index is 4.97. The van der Waals surface area contributed by atoms with Gasteiger partial charge in [-0.2, -0.15) is 0 Å². The van der Waals surface area contributed by atoms with Crippen molar-refractivity contribution in [1.82, 2.24) is 0 Å². The van der Waals surface area contributed by atoms with E-state index in [1.54, 1.807) is 0 Å². The van der Waals surface area contributed by atoms with Crippen molar-refractivity contribution in [2.24, 2.45) is 0 Å². The maximum absolute atomic E-state index is 4.97. The number of hydrogen-bond donors (Lipinski definition) is 0. The van der Waals surface area contributed by atoms with E-state index in [2.05, 4.69) is 0 Å². The molecule has 0 fully saturated rings. The van der Waals surface area contributed by atoms with Crippen LogP contribution in [0.15, 0.2) is 0 Å². The Bertz CT molecular complexity index is 58.0. The molecular formula is Cl8Li2Mn2. The molecule has 0 atom stereocenters. The summed E-state index contributed by atoms with van der Waals surface area (Å²) in [6.07, 6.45) is 0. The van der Waals surface area contributed by atoms with Crippen molar-refractivity contribution in [1.29, 1.82) is 0 Å². The first-order valence-electron chi connectivity index (χ1n) is 1.14. The van der Waals surface area contributed by atoms with Gasteiger partial charge < -0.3 is 0 Å². The molecule has 0 saturated carbocycles. The minimum absolute atomic E-state index is 0. The number of rotatable bonds is 0. The molecule has 0 bridgehead atoms. The van der Waals surface area contributed by atoms with E-state index in [4.69, 9.17) is 80.8 Å². The normalized spacial score (nSPS) is 12.7. The van der Waals surface area contributed by atoms with Crippen LogP contribution < -0.4 is 37.7 Å². The van der Waals surface area contributed by atoms with Gasteiger partial charge in [0, 0.05) is 0 Å². The van der Waals surface area contributed by atoms with Gasteiger partial charge >= 0.3 is 137 Å². The van der Waals surface area contributed by atoms with Crippen LogP contribution in [0.4, 0.5) is 0 Å². The van der Waals surface area contributed by atoms with Gasteiger partial charge in [-0.25, -0.2) is 0 Å². The third kappa shape index (κ3) is 129. The molecule has 72 valence electrons. The van der Waals surface area contributed by atoms with Crippen LogP contribution in [0.5, 0.6) is 0 Å². The van der Waals surface area contributed by atoms with E-state index < -0.39 is 18.4 Å². The van der Waals surface area contributed by atoms with Gasteiger partial charge in [0.25, 0.3) is 0 Å². The van der Waals surface area contributed by atoms with E-state index in [-0.39, 0.29) is 37.7 Å². The Balaban J connectivity index is -0.0000000457. The van der Waals surface area contributed by atoms with Gasteiger partial charge in [-0.15, -0.1) is 0 Å². The molecule has 0 aliphatic rings. The second-order valence-electron chi connectivity index (χ2n) is 0.648. The Morgan fingerprint density at radius 2 is 0.417 bits per heavy atom. The zero-order valence-electron chi connectivity index (χ0n) is 5.78. The van der Waals surface area contributed by atoms with Gasteiger partial charge in [0.2, 0.25) is 0 Å². The summed E-state index contributed by atoms with van der Waals surface area (Å²) in [5, 5.41) is 0. The molecule has 0 amide bonds. The molecule has 0 rings (SSSR count). The van der Waals surface area contributed by atoms with Gasteiger partial charge in [-0.1, -0.05) is 0 Å². The molecule has 0 N–H and O–H groups in total. The predicted molar refractivity (Wildman–Crippen MR) is 46.8 cm³/mol. The summed E-state index contributed by atoms with van der Waals surface area (Å²) < 4.78 is 0. The van der Waals surface area contributed by atoms with Gasteiger partial charge in [-0.05, 0) is 0 Å². The Labute approximate surface area is 134 Å². The smallest absolute Gasteiger partial charge is 1.00 e. The van der Waals surface area contributed by atoms with Crippen molar-refractivity contribution >= 4 is 80.8 Å². The summed E-state index contributed by atoms with van der Waals surface area (Å²) in [6.45, 7) is 0. The molecule has 0 heterocycles. The van der Waals surface area contributed by atoms with Crippen molar-refractivity contribution in [3.63, 3.8) is 0 Å². The molecule has 0 saturated heterocycles. The van der Waals surface area contributed by atoms with Crippen LogP contribution in [0.3, 0.4) is 0 Å². The Kier molecular flexibility index (Phi) is 25.5. The van der Waals surface area contributed by atoms with Crippen LogP contribution in [0.1, 0.15) is 0 Å². The van der Waals surface area contributed by atoms with Crippen molar-refractivity contribution in [3.8, 4) is 0 Å². The first-order chi connectivity index (χ1) is 4.00. The maximum Gasteiger partial charge on any atom is 1.00 e. The van der Waals surface area contributed by atoms with Crippen molar-refractivity contribution in [3.05, 3.63) is 0 Å². The molecule has 0 unspecified atom stereocenters.